The lowest BCUT2D eigenvalue weighted by atomic mass is 9.81. The van der Waals surface area contributed by atoms with Crippen molar-refractivity contribution in [3.05, 3.63) is 35.9 Å². The molecule has 7 nitrogen and oxygen atoms in total. The van der Waals surface area contributed by atoms with Crippen molar-refractivity contribution < 1.29 is 33.3 Å². The third-order valence-corrected chi connectivity index (χ3v) is 4.12. The molecule has 29 heavy (non-hydrogen) atoms. The molecule has 0 aliphatic heterocycles. The van der Waals surface area contributed by atoms with Crippen LogP contribution in [0.1, 0.15) is 42.6 Å². The van der Waals surface area contributed by atoms with Crippen molar-refractivity contribution in [2.75, 3.05) is 27.4 Å². The van der Waals surface area contributed by atoms with E-state index in [4.69, 9.17) is 18.9 Å². The number of rotatable bonds is 10. The Bertz CT molecular complexity index is 796. The third kappa shape index (κ3) is 5.61. The minimum absolute atomic E-state index is 0.00577. The molecule has 0 bridgehead atoms. The molecule has 1 rings (SSSR count). The van der Waals surface area contributed by atoms with E-state index in [-0.39, 0.29) is 31.6 Å². The number of esters is 2. The maximum atomic E-state index is 12.6. The number of hydrogen-bond donors (Lipinski definition) is 0. The molecule has 156 valence electrons. The van der Waals surface area contributed by atoms with Gasteiger partial charge in [-0.3, -0.25) is 14.4 Å². The third-order valence-electron chi connectivity index (χ3n) is 4.12. The summed E-state index contributed by atoms with van der Waals surface area (Å²) >= 11 is 0. The van der Waals surface area contributed by atoms with Crippen LogP contribution in [0.4, 0.5) is 0 Å². The summed E-state index contributed by atoms with van der Waals surface area (Å²) in [5, 5.41) is 0. The Kier molecular flexibility index (Phi) is 9.46. The molecule has 7 heteroatoms. The first-order chi connectivity index (χ1) is 13.9. The molecular weight excluding hydrogens is 376 g/mol. The molecule has 0 atom stereocenters. The Hall–Kier alpha value is -3.27. The Labute approximate surface area is 171 Å². The molecule has 0 fully saturated rings. The molecule has 0 saturated carbocycles. The lowest BCUT2D eigenvalue weighted by molar-refractivity contribution is -0.171. The quantitative estimate of drug-likeness (QED) is 0.195. The van der Waals surface area contributed by atoms with Crippen molar-refractivity contribution in [1.82, 2.24) is 0 Å². The number of hydrogen-bond acceptors (Lipinski definition) is 7. The molecule has 0 aliphatic carbocycles. The Morgan fingerprint density at radius 2 is 1.62 bits per heavy atom. The number of ether oxygens (including phenoxy) is 4. The molecule has 0 aromatic heterocycles. The minimum Gasteiger partial charge on any atom is -0.493 e. The zero-order chi connectivity index (χ0) is 21.9. The first-order valence-electron chi connectivity index (χ1n) is 9.09. The summed E-state index contributed by atoms with van der Waals surface area (Å²) in [6.07, 6.45) is 1.93. The van der Waals surface area contributed by atoms with E-state index in [0.29, 0.717) is 23.3 Å². The Balaban J connectivity index is 3.39. The summed E-state index contributed by atoms with van der Waals surface area (Å²) in [6.45, 7) is 7.13. The molecule has 0 saturated heterocycles. The van der Waals surface area contributed by atoms with E-state index >= 15 is 0 Å². The summed E-state index contributed by atoms with van der Waals surface area (Å²) in [5.74, 6) is 4.98. The van der Waals surface area contributed by atoms with Crippen molar-refractivity contribution in [2.24, 2.45) is 5.41 Å². The van der Waals surface area contributed by atoms with Crippen molar-refractivity contribution >= 4 is 18.2 Å². The molecule has 0 radical (unpaired) electrons. The normalized spacial score (nSPS) is 10.2. The summed E-state index contributed by atoms with van der Waals surface area (Å²) in [7, 11) is 2.92. The first kappa shape index (κ1) is 23.8. The fraction of sp³-hybridized carbons (Fsp3) is 0.409. The highest BCUT2D eigenvalue weighted by Gasteiger charge is 2.47. The van der Waals surface area contributed by atoms with E-state index in [1.165, 1.54) is 26.4 Å². The van der Waals surface area contributed by atoms with Gasteiger partial charge in [0.25, 0.3) is 0 Å². The highest BCUT2D eigenvalue weighted by molar-refractivity contribution is 6.00. The Morgan fingerprint density at radius 3 is 2.07 bits per heavy atom. The van der Waals surface area contributed by atoms with E-state index in [0.717, 1.165) is 0 Å². The van der Waals surface area contributed by atoms with Gasteiger partial charge >= 0.3 is 11.9 Å². The molecule has 1 aromatic carbocycles. The van der Waals surface area contributed by atoms with Crippen LogP contribution in [0.3, 0.4) is 0 Å². The topological polar surface area (TPSA) is 88.1 Å². The maximum Gasteiger partial charge on any atom is 0.324 e. The average Bonchev–Trinajstić information content (AvgIpc) is 2.72. The van der Waals surface area contributed by atoms with Gasteiger partial charge in [0.2, 0.25) is 0 Å². The van der Waals surface area contributed by atoms with Crippen LogP contribution in [0, 0.1) is 17.3 Å². The number of carbonyl (C=O) groups is 3. The summed E-state index contributed by atoms with van der Waals surface area (Å²) in [6, 6.07) is 3.06. The largest absolute Gasteiger partial charge is 0.493 e. The van der Waals surface area contributed by atoms with E-state index in [2.05, 4.69) is 18.4 Å². The van der Waals surface area contributed by atoms with Crippen LogP contribution in [0.5, 0.6) is 11.5 Å². The van der Waals surface area contributed by atoms with Crippen LogP contribution < -0.4 is 9.47 Å². The summed E-state index contributed by atoms with van der Waals surface area (Å²) in [5.41, 5.74) is -0.965. The van der Waals surface area contributed by atoms with Gasteiger partial charge in [-0.2, -0.15) is 0 Å². The van der Waals surface area contributed by atoms with E-state index in [1.807, 2.05) is 0 Å². The summed E-state index contributed by atoms with van der Waals surface area (Å²) in [4.78, 5) is 36.6. The minimum atomic E-state index is -1.63. The Morgan fingerprint density at radius 1 is 1.07 bits per heavy atom. The van der Waals surface area contributed by atoms with Crippen molar-refractivity contribution in [3.8, 4) is 23.3 Å². The van der Waals surface area contributed by atoms with Gasteiger partial charge in [0.1, 0.15) is 0 Å². The molecule has 0 spiro atoms. The number of aldehydes is 1. The van der Waals surface area contributed by atoms with Gasteiger partial charge in [-0.05, 0) is 26.3 Å². The molecule has 0 aliphatic rings. The monoisotopic (exact) mass is 402 g/mol. The lowest BCUT2D eigenvalue weighted by Gasteiger charge is -2.26. The molecular formula is C22H26O7. The molecule has 0 heterocycles. The SMILES string of the molecule is C=CCC(CC#Cc1cc(OC)c(OC)cc1C=O)(C(=O)OCC)C(=O)OCC. The van der Waals surface area contributed by atoms with E-state index < -0.39 is 17.4 Å². The zero-order valence-electron chi connectivity index (χ0n) is 17.2. The maximum absolute atomic E-state index is 12.6. The van der Waals surface area contributed by atoms with Crippen LogP contribution in [0.15, 0.2) is 24.8 Å². The predicted octanol–water partition coefficient (Wildman–Crippen LogP) is 2.95. The first-order valence-corrected chi connectivity index (χ1v) is 9.09. The van der Waals surface area contributed by atoms with Crippen LogP contribution in [-0.2, 0) is 19.1 Å². The van der Waals surface area contributed by atoms with Crippen LogP contribution in [0.25, 0.3) is 0 Å². The van der Waals surface area contributed by atoms with Crippen molar-refractivity contribution in [1.29, 1.82) is 0 Å². The van der Waals surface area contributed by atoms with Crippen molar-refractivity contribution in [2.45, 2.75) is 26.7 Å². The highest BCUT2D eigenvalue weighted by Crippen LogP contribution is 2.32. The standard InChI is InChI=1S/C22H26O7/c1-6-11-22(20(24)28-7-2,21(25)29-8-3)12-9-10-16-13-18(26-4)19(27-5)14-17(16)15-23/h6,13-15H,1,7-8,11-12H2,2-5H3. The fourth-order valence-corrected chi connectivity index (χ4v) is 2.64. The van der Waals surface area contributed by atoms with Crippen molar-refractivity contribution in [3.63, 3.8) is 0 Å². The average molecular weight is 402 g/mol. The molecule has 0 amide bonds. The zero-order valence-corrected chi connectivity index (χ0v) is 17.2. The number of methoxy groups -OCH3 is 2. The van der Waals surface area contributed by atoms with Crippen LogP contribution >= 0.6 is 0 Å². The second-order valence-electron chi connectivity index (χ2n) is 5.91. The fourth-order valence-electron chi connectivity index (χ4n) is 2.64. The second-order valence-corrected chi connectivity index (χ2v) is 5.91. The van der Waals surface area contributed by atoms with Gasteiger partial charge < -0.3 is 18.9 Å². The van der Waals surface area contributed by atoms with Crippen LogP contribution in [0.2, 0.25) is 0 Å². The van der Waals surface area contributed by atoms with E-state index in [1.54, 1.807) is 19.9 Å². The van der Waals surface area contributed by atoms with Gasteiger partial charge in [0, 0.05) is 23.6 Å². The molecule has 1 aromatic rings. The van der Waals surface area contributed by atoms with Gasteiger partial charge in [0.05, 0.1) is 27.4 Å². The molecule has 0 N–H and O–H groups in total. The number of carbonyl (C=O) groups excluding carboxylic acids is 3. The number of allylic oxidation sites excluding steroid dienone is 1. The van der Waals surface area contributed by atoms with Crippen LogP contribution in [-0.4, -0.2) is 45.7 Å². The number of benzene rings is 1. The smallest absolute Gasteiger partial charge is 0.324 e. The van der Waals surface area contributed by atoms with Gasteiger partial charge in [-0.25, -0.2) is 0 Å². The molecule has 0 unspecified atom stereocenters. The highest BCUT2D eigenvalue weighted by atomic mass is 16.6. The van der Waals surface area contributed by atoms with Gasteiger partial charge in [0.15, 0.2) is 23.2 Å². The van der Waals surface area contributed by atoms with Gasteiger partial charge in [-0.1, -0.05) is 17.9 Å². The van der Waals surface area contributed by atoms with Gasteiger partial charge in [-0.15, -0.1) is 6.58 Å². The lowest BCUT2D eigenvalue weighted by Crippen LogP contribution is -2.41. The van der Waals surface area contributed by atoms with E-state index in [9.17, 15) is 14.4 Å². The second kappa shape index (κ2) is 11.5. The predicted molar refractivity (Wildman–Crippen MR) is 107 cm³/mol. The summed E-state index contributed by atoms with van der Waals surface area (Å²) < 4.78 is 20.6.